The Kier molecular flexibility index (Phi) is 6.34. The van der Waals surface area contributed by atoms with Crippen LogP contribution in [0.15, 0.2) is 58.5 Å². The van der Waals surface area contributed by atoms with Crippen LogP contribution in [0, 0.1) is 0 Å². The largest absolute Gasteiger partial charge is 0.465 e. The van der Waals surface area contributed by atoms with E-state index in [2.05, 4.69) is 10.3 Å². The zero-order valence-electron chi connectivity index (χ0n) is 17.4. The average Bonchev–Trinajstić information content (AvgIpc) is 2.80. The Bertz CT molecular complexity index is 1240. The van der Waals surface area contributed by atoms with E-state index in [1.807, 2.05) is 24.3 Å². The number of benzene rings is 2. The van der Waals surface area contributed by atoms with Gasteiger partial charge in [0.25, 0.3) is 5.56 Å². The number of nitrogens with zero attached hydrogens (tertiary/aromatic N) is 2. The van der Waals surface area contributed by atoms with Crippen LogP contribution in [-0.4, -0.2) is 28.5 Å². The lowest BCUT2D eigenvalue weighted by molar-refractivity contribution is -0.116. The SMILES string of the molecule is COC(=O)c1ccc(C2CC(=O)Nc3c2c(=O)nc(SCc2ccc(Cl)cc2)n3C)cc1. The quantitative estimate of drug-likeness (QED) is 0.345. The Labute approximate surface area is 193 Å². The molecular weight excluding hydrogens is 450 g/mol. The van der Waals surface area contributed by atoms with Crippen LogP contribution in [0.2, 0.25) is 5.02 Å². The normalized spacial score (nSPS) is 15.1. The van der Waals surface area contributed by atoms with E-state index in [4.69, 9.17) is 16.3 Å². The third-order valence-corrected chi connectivity index (χ3v) is 6.67. The molecule has 1 aliphatic heterocycles. The highest BCUT2D eigenvalue weighted by Gasteiger charge is 2.32. The predicted octanol–water partition coefficient (Wildman–Crippen LogP) is 3.99. The Morgan fingerprint density at radius 3 is 2.53 bits per heavy atom. The highest BCUT2D eigenvalue weighted by molar-refractivity contribution is 7.98. The van der Waals surface area contributed by atoms with Gasteiger partial charge in [0.05, 0.1) is 18.2 Å². The zero-order valence-corrected chi connectivity index (χ0v) is 19.0. The first-order valence-electron chi connectivity index (χ1n) is 9.83. The minimum Gasteiger partial charge on any atom is -0.465 e. The molecule has 1 amide bonds. The topological polar surface area (TPSA) is 90.3 Å². The average molecular weight is 470 g/mol. The standard InChI is InChI=1S/C23H20ClN3O4S/c1-27-20-19(21(29)26-23(27)32-12-13-3-9-16(24)10-4-13)17(11-18(28)25-20)14-5-7-15(8-6-14)22(30)31-2/h3-10,17H,11-12H2,1-2H3,(H,25,28). The second kappa shape index (κ2) is 9.18. The van der Waals surface area contributed by atoms with Crippen molar-refractivity contribution in [2.45, 2.75) is 23.2 Å². The molecule has 4 rings (SSSR count). The van der Waals surface area contributed by atoms with Crippen LogP contribution < -0.4 is 10.9 Å². The molecule has 3 aromatic rings. The number of carbonyl (C=O) groups excluding carboxylic acids is 2. The summed E-state index contributed by atoms with van der Waals surface area (Å²) >= 11 is 7.34. The lowest BCUT2D eigenvalue weighted by Crippen LogP contribution is -2.33. The van der Waals surface area contributed by atoms with E-state index < -0.39 is 11.9 Å². The molecule has 0 spiro atoms. The molecule has 2 heterocycles. The molecule has 2 aromatic carbocycles. The molecule has 0 fully saturated rings. The predicted molar refractivity (Wildman–Crippen MR) is 123 cm³/mol. The number of anilines is 1. The van der Waals surface area contributed by atoms with Crippen molar-refractivity contribution >= 4 is 41.1 Å². The van der Waals surface area contributed by atoms with Crippen LogP contribution in [0.25, 0.3) is 0 Å². The molecule has 0 aliphatic carbocycles. The smallest absolute Gasteiger partial charge is 0.337 e. The molecule has 1 N–H and O–H groups in total. The third-order valence-electron chi connectivity index (χ3n) is 5.32. The molecule has 1 atom stereocenters. The van der Waals surface area contributed by atoms with Gasteiger partial charge in [-0.1, -0.05) is 47.6 Å². The Morgan fingerprint density at radius 1 is 1.19 bits per heavy atom. The van der Waals surface area contributed by atoms with Crippen LogP contribution in [0.5, 0.6) is 0 Å². The number of hydrogen-bond acceptors (Lipinski definition) is 6. The van der Waals surface area contributed by atoms with Gasteiger partial charge in [0, 0.05) is 30.2 Å². The Hall–Kier alpha value is -3.10. The number of thioether (sulfide) groups is 1. The van der Waals surface area contributed by atoms with E-state index >= 15 is 0 Å². The van der Waals surface area contributed by atoms with Gasteiger partial charge in [-0.3, -0.25) is 9.59 Å². The van der Waals surface area contributed by atoms with Gasteiger partial charge in [-0.05, 0) is 35.4 Å². The van der Waals surface area contributed by atoms with Crippen molar-refractivity contribution in [2.24, 2.45) is 7.05 Å². The second-order valence-electron chi connectivity index (χ2n) is 7.35. The van der Waals surface area contributed by atoms with Gasteiger partial charge in [0.2, 0.25) is 5.91 Å². The van der Waals surface area contributed by atoms with Crippen molar-refractivity contribution in [1.29, 1.82) is 0 Å². The number of hydrogen-bond donors (Lipinski definition) is 1. The zero-order chi connectivity index (χ0) is 22.8. The number of ether oxygens (including phenoxy) is 1. The van der Waals surface area contributed by atoms with Crippen molar-refractivity contribution in [1.82, 2.24) is 9.55 Å². The van der Waals surface area contributed by atoms with Gasteiger partial charge < -0.3 is 14.6 Å². The van der Waals surface area contributed by atoms with Crippen molar-refractivity contribution < 1.29 is 14.3 Å². The molecule has 1 unspecified atom stereocenters. The summed E-state index contributed by atoms with van der Waals surface area (Å²) in [6.07, 6.45) is 0.124. The number of halogens is 1. The Balaban J connectivity index is 1.67. The summed E-state index contributed by atoms with van der Waals surface area (Å²) in [4.78, 5) is 41.5. The fraction of sp³-hybridized carbons (Fsp3) is 0.217. The number of carbonyl (C=O) groups is 2. The monoisotopic (exact) mass is 469 g/mol. The molecule has 1 aliphatic rings. The van der Waals surface area contributed by atoms with E-state index in [-0.39, 0.29) is 17.9 Å². The van der Waals surface area contributed by atoms with Crippen LogP contribution in [0.3, 0.4) is 0 Å². The van der Waals surface area contributed by atoms with Crippen LogP contribution >= 0.6 is 23.4 Å². The molecule has 0 saturated carbocycles. The maximum Gasteiger partial charge on any atom is 0.337 e. The van der Waals surface area contributed by atoms with E-state index in [9.17, 15) is 14.4 Å². The van der Waals surface area contributed by atoms with Crippen molar-refractivity contribution in [3.8, 4) is 0 Å². The van der Waals surface area contributed by atoms with E-state index in [1.165, 1.54) is 18.9 Å². The summed E-state index contributed by atoms with van der Waals surface area (Å²) in [5.74, 6) is -0.0377. The number of fused-ring (bicyclic) bond motifs is 1. The summed E-state index contributed by atoms with van der Waals surface area (Å²) in [6.45, 7) is 0. The van der Waals surface area contributed by atoms with Crippen LogP contribution in [0.1, 0.15) is 39.4 Å². The lowest BCUT2D eigenvalue weighted by atomic mass is 9.86. The first-order chi connectivity index (χ1) is 15.4. The molecule has 32 heavy (non-hydrogen) atoms. The molecule has 0 saturated heterocycles. The fourth-order valence-corrected chi connectivity index (χ4v) is 4.69. The van der Waals surface area contributed by atoms with Gasteiger partial charge in [-0.25, -0.2) is 4.79 Å². The molecule has 0 bridgehead atoms. The fourth-order valence-electron chi connectivity index (χ4n) is 3.65. The number of rotatable bonds is 5. The number of amides is 1. The van der Waals surface area contributed by atoms with Gasteiger partial charge in [-0.15, -0.1) is 0 Å². The third kappa shape index (κ3) is 4.42. The summed E-state index contributed by atoms with van der Waals surface area (Å²) in [5.41, 5.74) is 2.26. The minimum absolute atomic E-state index is 0.124. The maximum absolute atomic E-state index is 13.0. The van der Waals surface area contributed by atoms with Crippen molar-refractivity contribution in [3.63, 3.8) is 0 Å². The van der Waals surface area contributed by atoms with Gasteiger partial charge in [-0.2, -0.15) is 4.98 Å². The van der Waals surface area contributed by atoms with Crippen LogP contribution in [0.4, 0.5) is 5.82 Å². The minimum atomic E-state index is -0.452. The van der Waals surface area contributed by atoms with Crippen molar-refractivity contribution in [3.05, 3.63) is 86.2 Å². The molecule has 1 aromatic heterocycles. The first-order valence-corrected chi connectivity index (χ1v) is 11.2. The summed E-state index contributed by atoms with van der Waals surface area (Å²) in [7, 11) is 3.09. The lowest BCUT2D eigenvalue weighted by Gasteiger charge is -2.27. The number of aromatic nitrogens is 2. The number of methoxy groups -OCH3 is 1. The van der Waals surface area contributed by atoms with Gasteiger partial charge in [0.15, 0.2) is 5.16 Å². The first kappa shape index (κ1) is 22.1. The van der Waals surface area contributed by atoms with Gasteiger partial charge in [0.1, 0.15) is 5.82 Å². The summed E-state index contributed by atoms with van der Waals surface area (Å²) in [6, 6.07) is 14.2. The molecule has 0 radical (unpaired) electrons. The second-order valence-corrected chi connectivity index (χ2v) is 8.73. The summed E-state index contributed by atoms with van der Waals surface area (Å²) < 4.78 is 6.47. The summed E-state index contributed by atoms with van der Waals surface area (Å²) in [5, 5.41) is 4.00. The molecule has 7 nitrogen and oxygen atoms in total. The highest BCUT2D eigenvalue weighted by atomic mass is 35.5. The number of esters is 1. The highest BCUT2D eigenvalue weighted by Crippen LogP contribution is 2.36. The maximum atomic E-state index is 13.0. The van der Waals surface area contributed by atoms with E-state index in [1.54, 1.807) is 35.9 Å². The molecule has 9 heteroatoms. The van der Waals surface area contributed by atoms with E-state index in [0.717, 1.165) is 11.1 Å². The van der Waals surface area contributed by atoms with Gasteiger partial charge >= 0.3 is 5.97 Å². The Morgan fingerprint density at radius 2 is 1.88 bits per heavy atom. The number of nitrogens with one attached hydrogen (secondary N) is 1. The molecular formula is C23H20ClN3O4S. The van der Waals surface area contributed by atoms with Crippen LogP contribution in [-0.2, 0) is 22.3 Å². The van der Waals surface area contributed by atoms with Crippen molar-refractivity contribution in [2.75, 3.05) is 12.4 Å². The molecule has 164 valence electrons. The van der Waals surface area contributed by atoms with E-state index in [0.29, 0.717) is 32.9 Å².